The summed E-state index contributed by atoms with van der Waals surface area (Å²) in [5.74, 6) is -0.0829. The topological polar surface area (TPSA) is 82.5 Å². The second kappa shape index (κ2) is 10.4. The normalized spacial score (nSPS) is 14.6. The van der Waals surface area contributed by atoms with Crippen molar-refractivity contribution in [3.05, 3.63) is 105 Å². The average molecular weight is 561 g/mol. The van der Waals surface area contributed by atoms with Crippen LogP contribution in [0.4, 0.5) is 16.0 Å². The molecule has 3 heterocycles. The van der Waals surface area contributed by atoms with Gasteiger partial charge in [0.15, 0.2) is 0 Å². The van der Waals surface area contributed by atoms with Crippen molar-refractivity contribution < 1.29 is 9.18 Å². The number of likely N-dealkylation sites (tertiary alicyclic amines) is 1. The van der Waals surface area contributed by atoms with Crippen molar-refractivity contribution in [2.45, 2.75) is 12.6 Å². The first-order valence-electron chi connectivity index (χ1n) is 12.4. The van der Waals surface area contributed by atoms with Gasteiger partial charge in [-0.2, -0.15) is 0 Å². The molecule has 0 radical (unpaired) electrons. The number of benzene rings is 3. The number of fused-ring (bicyclic) bond motifs is 3. The number of hydrogen-bond donors (Lipinski definition) is 2. The van der Waals surface area contributed by atoms with Crippen molar-refractivity contribution in [2.75, 3.05) is 25.5 Å². The van der Waals surface area contributed by atoms with Gasteiger partial charge in [-0.05, 0) is 55.6 Å². The van der Waals surface area contributed by atoms with Crippen LogP contribution in [0.2, 0.25) is 10.0 Å². The summed E-state index contributed by atoms with van der Waals surface area (Å²) in [6, 6.07) is 17.5. The summed E-state index contributed by atoms with van der Waals surface area (Å²) in [7, 11) is 1.90. The van der Waals surface area contributed by atoms with Crippen LogP contribution in [-0.2, 0) is 6.54 Å². The molecule has 2 aliphatic heterocycles. The van der Waals surface area contributed by atoms with Gasteiger partial charge in [0.25, 0.3) is 5.91 Å². The maximum atomic E-state index is 14.9. The first-order valence-corrected chi connectivity index (χ1v) is 13.2. The number of carbonyl (C=O) groups excluding carboxylic acids is 1. The van der Waals surface area contributed by atoms with Crippen molar-refractivity contribution in [1.29, 1.82) is 0 Å². The van der Waals surface area contributed by atoms with Crippen LogP contribution in [0.15, 0.2) is 71.9 Å². The number of aromatic nitrogens is 2. The molecule has 0 atom stereocenters. The second-order valence-electron chi connectivity index (χ2n) is 9.42. The van der Waals surface area contributed by atoms with Crippen LogP contribution in [0.3, 0.4) is 0 Å². The lowest BCUT2D eigenvalue weighted by atomic mass is 9.95. The zero-order valence-electron chi connectivity index (χ0n) is 20.9. The molecule has 1 saturated heterocycles. The number of nitrogens with zero attached hydrogens (tertiary/aromatic N) is 4. The quantitative estimate of drug-likeness (QED) is 0.326. The number of halogens is 3. The van der Waals surface area contributed by atoms with Gasteiger partial charge >= 0.3 is 0 Å². The van der Waals surface area contributed by atoms with Crippen LogP contribution in [-0.4, -0.2) is 52.7 Å². The Balaban J connectivity index is 1.30. The van der Waals surface area contributed by atoms with E-state index in [9.17, 15) is 9.18 Å². The Morgan fingerprint density at radius 2 is 1.85 bits per heavy atom. The van der Waals surface area contributed by atoms with E-state index in [4.69, 9.17) is 33.2 Å². The summed E-state index contributed by atoms with van der Waals surface area (Å²) < 4.78 is 14.9. The molecule has 1 fully saturated rings. The Labute approximate surface area is 234 Å². The Kier molecular flexibility index (Phi) is 6.76. The largest absolute Gasteiger partial charge is 0.335 e. The number of anilines is 2. The SMILES string of the molecule is CNC1CN(C(=O)c2ccc(Nc3ncc4c(n3)-c3ccc(Cl)cc3C(c3c(F)cccc3Cl)=NC4)cc2)C1. The highest BCUT2D eigenvalue weighted by molar-refractivity contribution is 6.36. The monoisotopic (exact) mass is 560 g/mol. The van der Waals surface area contributed by atoms with Gasteiger partial charge < -0.3 is 15.5 Å². The summed E-state index contributed by atoms with van der Waals surface area (Å²) in [5, 5.41) is 7.13. The van der Waals surface area contributed by atoms with Gasteiger partial charge in [-0.15, -0.1) is 0 Å². The maximum absolute atomic E-state index is 14.9. The minimum Gasteiger partial charge on any atom is -0.335 e. The number of aliphatic imine (C=N–C) groups is 1. The smallest absolute Gasteiger partial charge is 0.253 e. The van der Waals surface area contributed by atoms with Gasteiger partial charge in [0, 0.05) is 58.3 Å². The molecule has 3 aromatic carbocycles. The van der Waals surface area contributed by atoms with E-state index in [1.807, 2.05) is 30.1 Å². The summed E-state index contributed by atoms with van der Waals surface area (Å²) in [4.78, 5) is 28.5. The zero-order valence-corrected chi connectivity index (χ0v) is 22.4. The maximum Gasteiger partial charge on any atom is 0.253 e. The summed E-state index contributed by atoms with van der Waals surface area (Å²) in [6.45, 7) is 1.66. The number of likely N-dealkylation sites (N-methyl/N-ethyl adjacent to an activating group) is 1. The van der Waals surface area contributed by atoms with Gasteiger partial charge in [-0.1, -0.05) is 35.3 Å². The molecule has 2 aliphatic rings. The lowest BCUT2D eigenvalue weighted by molar-refractivity contribution is 0.0577. The van der Waals surface area contributed by atoms with E-state index in [-0.39, 0.29) is 23.0 Å². The number of nitrogens with one attached hydrogen (secondary N) is 2. The average Bonchev–Trinajstić information content (AvgIpc) is 3.05. The highest BCUT2D eigenvalue weighted by Gasteiger charge is 2.30. The molecule has 0 bridgehead atoms. The van der Waals surface area contributed by atoms with Crippen LogP contribution in [0.25, 0.3) is 11.3 Å². The molecule has 1 amide bonds. The molecule has 6 rings (SSSR count). The molecule has 10 heteroatoms. The molecule has 0 aliphatic carbocycles. The molecule has 0 spiro atoms. The van der Waals surface area contributed by atoms with Crippen LogP contribution >= 0.6 is 23.2 Å². The highest BCUT2D eigenvalue weighted by atomic mass is 35.5. The summed E-state index contributed by atoms with van der Waals surface area (Å²) >= 11 is 12.8. The standard InChI is InChI=1S/C29H23Cl2FN6O/c1-33-20-14-38(15-20)28(39)16-5-8-19(9-6-16)36-29-35-13-17-12-34-27(25-23(31)3-2-4-24(25)32)22-11-18(30)7-10-21(22)26(17)37-29/h2-11,13,20,33H,12,14-15H2,1H3,(H,35,36,37). The molecule has 39 heavy (non-hydrogen) atoms. The van der Waals surface area contributed by atoms with E-state index in [0.717, 1.165) is 16.8 Å². The van der Waals surface area contributed by atoms with Crippen molar-refractivity contribution in [1.82, 2.24) is 20.2 Å². The van der Waals surface area contributed by atoms with Crippen LogP contribution in [0, 0.1) is 5.82 Å². The molecule has 0 unspecified atom stereocenters. The minimum atomic E-state index is -0.468. The number of amides is 1. The van der Waals surface area contributed by atoms with Crippen molar-refractivity contribution in [3.8, 4) is 11.3 Å². The fourth-order valence-corrected chi connectivity index (χ4v) is 5.18. The first-order chi connectivity index (χ1) is 18.9. The number of rotatable bonds is 5. The third-order valence-electron chi connectivity index (χ3n) is 6.93. The van der Waals surface area contributed by atoms with E-state index in [0.29, 0.717) is 52.6 Å². The fourth-order valence-electron chi connectivity index (χ4n) is 4.76. The van der Waals surface area contributed by atoms with Gasteiger partial charge in [0.05, 0.1) is 28.5 Å². The van der Waals surface area contributed by atoms with E-state index >= 15 is 0 Å². The Morgan fingerprint density at radius 3 is 2.59 bits per heavy atom. The van der Waals surface area contributed by atoms with Gasteiger partial charge in [-0.25, -0.2) is 14.4 Å². The molecular weight excluding hydrogens is 538 g/mol. The lowest BCUT2D eigenvalue weighted by Gasteiger charge is -2.39. The highest BCUT2D eigenvalue weighted by Crippen LogP contribution is 2.35. The van der Waals surface area contributed by atoms with E-state index in [1.54, 1.807) is 42.6 Å². The van der Waals surface area contributed by atoms with Crippen LogP contribution in [0.5, 0.6) is 0 Å². The van der Waals surface area contributed by atoms with E-state index in [1.165, 1.54) is 6.07 Å². The molecule has 7 nitrogen and oxygen atoms in total. The molecule has 0 saturated carbocycles. The second-order valence-corrected chi connectivity index (χ2v) is 10.3. The van der Waals surface area contributed by atoms with E-state index < -0.39 is 5.82 Å². The van der Waals surface area contributed by atoms with Gasteiger partial charge in [0.2, 0.25) is 5.95 Å². The van der Waals surface area contributed by atoms with Crippen molar-refractivity contribution in [2.24, 2.45) is 4.99 Å². The molecule has 2 N–H and O–H groups in total. The molecule has 1 aromatic heterocycles. The Morgan fingerprint density at radius 1 is 1.05 bits per heavy atom. The molecule has 196 valence electrons. The fraction of sp³-hybridized carbons (Fsp3) is 0.172. The van der Waals surface area contributed by atoms with Crippen LogP contribution in [0.1, 0.15) is 27.0 Å². The zero-order chi connectivity index (χ0) is 27.1. The van der Waals surface area contributed by atoms with Gasteiger partial charge in [-0.3, -0.25) is 9.79 Å². The van der Waals surface area contributed by atoms with E-state index in [2.05, 4.69) is 15.6 Å². The Hall–Kier alpha value is -3.85. The predicted octanol–water partition coefficient (Wildman–Crippen LogP) is 5.73. The predicted molar refractivity (Wildman–Crippen MR) is 152 cm³/mol. The van der Waals surface area contributed by atoms with Crippen molar-refractivity contribution in [3.63, 3.8) is 0 Å². The molecular formula is C29H23Cl2FN6O. The van der Waals surface area contributed by atoms with Crippen LogP contribution < -0.4 is 10.6 Å². The number of hydrogen-bond acceptors (Lipinski definition) is 6. The summed E-state index contributed by atoms with van der Waals surface area (Å²) in [6.07, 6.45) is 1.71. The third kappa shape index (κ3) is 4.87. The van der Waals surface area contributed by atoms with Crippen molar-refractivity contribution >= 4 is 46.5 Å². The minimum absolute atomic E-state index is 0.00959. The summed E-state index contributed by atoms with van der Waals surface area (Å²) in [5.41, 5.74) is 4.81. The van der Waals surface area contributed by atoms with Gasteiger partial charge in [0.1, 0.15) is 5.82 Å². The molecule has 4 aromatic rings. The Bertz CT molecular complexity index is 1600. The third-order valence-corrected chi connectivity index (χ3v) is 7.48. The first kappa shape index (κ1) is 25.4. The lowest BCUT2D eigenvalue weighted by Crippen LogP contribution is -2.58. The number of carbonyl (C=O) groups is 1.